The normalized spacial score (nSPS) is 17.8. The number of benzene rings is 1. The first-order valence-corrected chi connectivity index (χ1v) is 11.6. The van der Waals surface area contributed by atoms with Gasteiger partial charge < -0.3 is 14.4 Å². The predicted octanol–water partition coefficient (Wildman–Crippen LogP) is 2.89. The van der Waals surface area contributed by atoms with Crippen molar-refractivity contribution in [3.05, 3.63) is 53.3 Å². The van der Waals surface area contributed by atoms with Crippen LogP contribution in [0, 0.1) is 13.8 Å². The van der Waals surface area contributed by atoms with Crippen LogP contribution in [0.25, 0.3) is 11.0 Å². The molecule has 0 unspecified atom stereocenters. The molecule has 10 heteroatoms. The SMILES string of the molecule is Cc1ccc(S(=O)(=O)n2c(C)c(B3OC(C)(C)C(C)(C)O3)c3cc(C(=O)O)cnc32)cc1. The van der Waals surface area contributed by atoms with Gasteiger partial charge in [-0.1, -0.05) is 17.7 Å². The van der Waals surface area contributed by atoms with Gasteiger partial charge in [0.15, 0.2) is 5.65 Å². The summed E-state index contributed by atoms with van der Waals surface area (Å²) in [7, 11) is -4.90. The Labute approximate surface area is 187 Å². The van der Waals surface area contributed by atoms with Crippen LogP contribution in [-0.2, 0) is 19.3 Å². The summed E-state index contributed by atoms with van der Waals surface area (Å²) in [6.45, 7) is 11.1. The van der Waals surface area contributed by atoms with Crippen molar-refractivity contribution in [2.75, 3.05) is 0 Å². The van der Waals surface area contributed by atoms with Gasteiger partial charge in [0, 0.05) is 22.7 Å². The standard InChI is InChI=1S/C22H25BN2O6S/c1-13-7-9-16(10-8-13)32(28,29)25-14(2)18(23-30-21(3,4)22(5,6)31-23)17-11-15(20(26)27)12-24-19(17)25/h7-12H,1-6H3,(H,26,27). The summed E-state index contributed by atoms with van der Waals surface area (Å²) in [5, 5.41) is 9.84. The molecule has 1 aromatic carbocycles. The van der Waals surface area contributed by atoms with Crippen LogP contribution < -0.4 is 5.46 Å². The van der Waals surface area contributed by atoms with E-state index in [9.17, 15) is 18.3 Å². The monoisotopic (exact) mass is 456 g/mol. The van der Waals surface area contributed by atoms with Crippen molar-refractivity contribution < 1.29 is 27.6 Å². The quantitative estimate of drug-likeness (QED) is 0.602. The van der Waals surface area contributed by atoms with Gasteiger partial charge in [0.1, 0.15) is 0 Å². The van der Waals surface area contributed by atoms with Gasteiger partial charge in [0.05, 0.1) is 21.7 Å². The van der Waals surface area contributed by atoms with E-state index >= 15 is 0 Å². The lowest BCUT2D eigenvalue weighted by molar-refractivity contribution is 0.00578. The van der Waals surface area contributed by atoms with Gasteiger partial charge in [-0.25, -0.2) is 22.2 Å². The van der Waals surface area contributed by atoms with Crippen molar-refractivity contribution in [1.82, 2.24) is 8.96 Å². The minimum atomic E-state index is -4.02. The van der Waals surface area contributed by atoms with Crippen molar-refractivity contribution in [3.63, 3.8) is 0 Å². The van der Waals surface area contributed by atoms with Gasteiger partial charge in [-0.2, -0.15) is 0 Å². The molecule has 0 spiro atoms. The van der Waals surface area contributed by atoms with Crippen LogP contribution in [0.3, 0.4) is 0 Å². The second-order valence-electron chi connectivity index (χ2n) is 9.07. The molecule has 1 aliphatic rings. The first-order chi connectivity index (χ1) is 14.8. The molecule has 3 aromatic rings. The Morgan fingerprint density at radius 3 is 2.16 bits per heavy atom. The first-order valence-electron chi connectivity index (χ1n) is 10.2. The Morgan fingerprint density at radius 1 is 1.06 bits per heavy atom. The van der Waals surface area contributed by atoms with Crippen LogP contribution in [-0.4, -0.2) is 46.8 Å². The Bertz CT molecular complexity index is 1330. The van der Waals surface area contributed by atoms with E-state index in [2.05, 4.69) is 4.98 Å². The summed E-state index contributed by atoms with van der Waals surface area (Å²) in [6.07, 6.45) is 1.15. The van der Waals surface area contributed by atoms with Gasteiger partial charge in [-0.15, -0.1) is 0 Å². The number of nitrogens with zero attached hydrogens (tertiary/aromatic N) is 2. The second-order valence-corrected chi connectivity index (χ2v) is 10.9. The molecule has 1 saturated heterocycles. The van der Waals surface area contributed by atoms with E-state index in [1.54, 1.807) is 19.1 Å². The van der Waals surface area contributed by atoms with Crippen molar-refractivity contribution in [1.29, 1.82) is 0 Å². The number of aromatic nitrogens is 2. The zero-order chi connectivity index (χ0) is 23.6. The van der Waals surface area contributed by atoms with E-state index in [0.717, 1.165) is 15.7 Å². The summed E-state index contributed by atoms with van der Waals surface area (Å²) in [5.41, 5.74) is 0.482. The molecule has 4 rings (SSSR count). The molecular formula is C22H25BN2O6S. The number of rotatable bonds is 4. The molecule has 3 heterocycles. The van der Waals surface area contributed by atoms with Gasteiger partial charge in [0.25, 0.3) is 10.0 Å². The van der Waals surface area contributed by atoms with E-state index < -0.39 is 34.3 Å². The number of carboxylic acids is 1. The van der Waals surface area contributed by atoms with E-state index in [4.69, 9.17) is 9.31 Å². The van der Waals surface area contributed by atoms with Gasteiger partial charge in [-0.05, 0) is 59.7 Å². The number of hydrogen-bond acceptors (Lipinski definition) is 6. The van der Waals surface area contributed by atoms with Crippen molar-refractivity contribution in [2.24, 2.45) is 0 Å². The molecule has 0 atom stereocenters. The molecule has 0 bridgehead atoms. The third-order valence-corrected chi connectivity index (χ3v) is 8.13. The van der Waals surface area contributed by atoms with Crippen LogP contribution in [0.4, 0.5) is 0 Å². The van der Waals surface area contributed by atoms with E-state index in [1.165, 1.54) is 18.2 Å². The maximum Gasteiger partial charge on any atom is 0.497 e. The highest BCUT2D eigenvalue weighted by Gasteiger charge is 2.53. The fourth-order valence-electron chi connectivity index (χ4n) is 3.77. The molecule has 2 aromatic heterocycles. The largest absolute Gasteiger partial charge is 0.497 e. The molecule has 8 nitrogen and oxygen atoms in total. The lowest BCUT2D eigenvalue weighted by Gasteiger charge is -2.32. The molecule has 32 heavy (non-hydrogen) atoms. The van der Waals surface area contributed by atoms with Crippen LogP contribution in [0.5, 0.6) is 0 Å². The van der Waals surface area contributed by atoms with E-state index in [1.807, 2.05) is 34.6 Å². The topological polar surface area (TPSA) is 108 Å². The highest BCUT2D eigenvalue weighted by atomic mass is 32.2. The number of carboxylic acid groups (broad SMARTS) is 1. The van der Waals surface area contributed by atoms with Crippen molar-refractivity contribution in [2.45, 2.75) is 57.6 Å². The molecule has 168 valence electrons. The molecule has 1 aliphatic heterocycles. The Morgan fingerprint density at radius 2 is 1.62 bits per heavy atom. The minimum Gasteiger partial charge on any atom is -0.478 e. The molecule has 0 saturated carbocycles. The molecular weight excluding hydrogens is 431 g/mol. The van der Waals surface area contributed by atoms with E-state index in [0.29, 0.717) is 16.5 Å². The number of hydrogen-bond donors (Lipinski definition) is 1. The Hall–Kier alpha value is -2.69. The fourth-order valence-corrected chi connectivity index (χ4v) is 5.29. The zero-order valence-corrected chi connectivity index (χ0v) is 19.6. The lowest BCUT2D eigenvalue weighted by atomic mass is 9.77. The van der Waals surface area contributed by atoms with Crippen molar-refractivity contribution in [3.8, 4) is 0 Å². The summed E-state index contributed by atoms with van der Waals surface area (Å²) < 4.78 is 40.7. The second kappa shape index (κ2) is 7.16. The third-order valence-electron chi connectivity index (χ3n) is 6.34. The highest BCUT2D eigenvalue weighted by molar-refractivity contribution is 7.90. The number of aromatic carboxylic acids is 1. The molecule has 0 amide bonds. The zero-order valence-electron chi connectivity index (χ0n) is 18.8. The van der Waals surface area contributed by atoms with Gasteiger partial charge in [-0.3, -0.25) is 0 Å². The average Bonchev–Trinajstić information content (AvgIpc) is 3.09. The molecule has 0 radical (unpaired) electrons. The maximum atomic E-state index is 13.6. The number of aryl methyl sites for hydroxylation is 1. The number of fused-ring (bicyclic) bond motifs is 1. The first kappa shape index (κ1) is 22.5. The van der Waals surface area contributed by atoms with Crippen LogP contribution in [0.1, 0.15) is 49.3 Å². The summed E-state index contributed by atoms with van der Waals surface area (Å²) in [6, 6.07) is 7.93. The Kier molecular flexibility index (Phi) is 5.04. The summed E-state index contributed by atoms with van der Waals surface area (Å²) in [4.78, 5) is 15.9. The highest BCUT2D eigenvalue weighted by Crippen LogP contribution is 2.38. The van der Waals surface area contributed by atoms with Crippen molar-refractivity contribution >= 4 is 39.6 Å². The van der Waals surface area contributed by atoms with Gasteiger partial charge in [0.2, 0.25) is 0 Å². The van der Waals surface area contributed by atoms with Crippen LogP contribution >= 0.6 is 0 Å². The molecule has 1 fully saturated rings. The van der Waals surface area contributed by atoms with E-state index in [-0.39, 0.29) is 16.1 Å². The molecule has 0 aliphatic carbocycles. The predicted molar refractivity (Wildman–Crippen MR) is 121 cm³/mol. The lowest BCUT2D eigenvalue weighted by Crippen LogP contribution is -2.41. The Balaban J connectivity index is 2.01. The average molecular weight is 456 g/mol. The fraction of sp³-hybridized carbons (Fsp3) is 0.364. The smallest absolute Gasteiger partial charge is 0.478 e. The number of carbonyl (C=O) groups is 1. The maximum absolute atomic E-state index is 13.6. The summed E-state index contributed by atoms with van der Waals surface area (Å²) >= 11 is 0. The minimum absolute atomic E-state index is 0.0554. The number of pyridine rings is 1. The van der Waals surface area contributed by atoms with Crippen LogP contribution in [0.2, 0.25) is 0 Å². The third kappa shape index (κ3) is 3.33. The van der Waals surface area contributed by atoms with Crippen LogP contribution in [0.15, 0.2) is 41.4 Å². The summed E-state index contributed by atoms with van der Waals surface area (Å²) in [5.74, 6) is -1.16. The van der Waals surface area contributed by atoms with Gasteiger partial charge >= 0.3 is 13.1 Å². The molecule has 1 N–H and O–H groups in total.